The van der Waals surface area contributed by atoms with Gasteiger partial charge in [-0.1, -0.05) is 27.2 Å². The summed E-state index contributed by atoms with van der Waals surface area (Å²) in [5.41, 5.74) is 0. The SMILES string of the molecule is CCCC(NCC)(NCC)OP.S. The summed E-state index contributed by atoms with van der Waals surface area (Å²) in [6.45, 7) is 8.10. The van der Waals surface area contributed by atoms with Gasteiger partial charge in [-0.15, -0.1) is 0 Å². The van der Waals surface area contributed by atoms with Crippen LogP contribution in [-0.2, 0) is 4.52 Å². The summed E-state index contributed by atoms with van der Waals surface area (Å²) >= 11 is 0. The average molecular weight is 226 g/mol. The summed E-state index contributed by atoms with van der Waals surface area (Å²) in [6, 6.07) is 0. The van der Waals surface area contributed by atoms with Gasteiger partial charge in [-0.25, -0.2) is 0 Å². The zero-order chi connectivity index (χ0) is 9.45. The molecule has 0 aliphatic rings. The van der Waals surface area contributed by atoms with Crippen LogP contribution < -0.4 is 10.6 Å². The van der Waals surface area contributed by atoms with Crippen molar-refractivity contribution in [3.8, 4) is 0 Å². The number of hydrogen-bond acceptors (Lipinski definition) is 3. The maximum absolute atomic E-state index is 5.35. The van der Waals surface area contributed by atoms with Crippen LogP contribution in [0.1, 0.15) is 33.6 Å². The Labute approximate surface area is 91.1 Å². The van der Waals surface area contributed by atoms with E-state index < -0.39 is 0 Å². The van der Waals surface area contributed by atoms with Crippen LogP contribution in [0.3, 0.4) is 0 Å². The van der Waals surface area contributed by atoms with Gasteiger partial charge in [0.25, 0.3) is 0 Å². The summed E-state index contributed by atoms with van der Waals surface area (Å²) in [5.74, 6) is -0.344. The first kappa shape index (κ1) is 16.1. The van der Waals surface area contributed by atoms with Crippen molar-refractivity contribution >= 4 is 23.0 Å². The highest BCUT2D eigenvalue weighted by molar-refractivity contribution is 7.59. The molecule has 82 valence electrons. The quantitative estimate of drug-likeness (QED) is 0.511. The van der Waals surface area contributed by atoms with E-state index in [1.807, 2.05) is 0 Å². The lowest BCUT2D eigenvalue weighted by Gasteiger charge is -2.33. The van der Waals surface area contributed by atoms with E-state index in [1.165, 1.54) is 0 Å². The van der Waals surface area contributed by atoms with Crippen molar-refractivity contribution in [2.24, 2.45) is 0 Å². The Kier molecular flexibility index (Phi) is 11.4. The van der Waals surface area contributed by atoms with Gasteiger partial charge in [0, 0.05) is 15.9 Å². The lowest BCUT2D eigenvalue weighted by molar-refractivity contribution is 0.0107. The van der Waals surface area contributed by atoms with Crippen LogP contribution in [0.15, 0.2) is 0 Å². The van der Waals surface area contributed by atoms with Gasteiger partial charge in [0.05, 0.1) is 0 Å². The summed E-state index contributed by atoms with van der Waals surface area (Å²) in [4.78, 5) is 0. The lowest BCUT2D eigenvalue weighted by atomic mass is 10.2. The molecule has 5 heteroatoms. The fourth-order valence-electron chi connectivity index (χ4n) is 1.30. The number of hydrogen-bond donors (Lipinski definition) is 2. The van der Waals surface area contributed by atoms with Crippen molar-refractivity contribution < 1.29 is 4.52 Å². The van der Waals surface area contributed by atoms with Crippen molar-refractivity contribution in [2.75, 3.05) is 13.1 Å². The molecule has 0 spiro atoms. The molecule has 0 aliphatic carbocycles. The van der Waals surface area contributed by atoms with E-state index in [2.05, 4.69) is 40.9 Å². The Morgan fingerprint density at radius 2 is 1.62 bits per heavy atom. The Morgan fingerprint density at radius 1 is 1.15 bits per heavy atom. The molecule has 3 nitrogen and oxygen atoms in total. The predicted molar refractivity (Wildman–Crippen MR) is 66.2 cm³/mol. The topological polar surface area (TPSA) is 33.3 Å². The predicted octanol–water partition coefficient (Wildman–Crippen LogP) is 1.58. The van der Waals surface area contributed by atoms with Crippen LogP contribution >= 0.6 is 23.0 Å². The first-order valence-electron chi connectivity index (χ1n) is 4.62. The highest BCUT2D eigenvalue weighted by Crippen LogP contribution is 2.14. The van der Waals surface area contributed by atoms with Crippen LogP contribution in [0, 0.1) is 0 Å². The first-order chi connectivity index (χ1) is 5.74. The van der Waals surface area contributed by atoms with Gasteiger partial charge in [0.1, 0.15) is 0 Å². The van der Waals surface area contributed by atoms with E-state index in [-0.39, 0.29) is 19.3 Å². The molecule has 0 radical (unpaired) electrons. The number of rotatable bonds is 7. The molecule has 1 unspecified atom stereocenters. The van der Waals surface area contributed by atoms with Gasteiger partial charge >= 0.3 is 0 Å². The van der Waals surface area contributed by atoms with Crippen molar-refractivity contribution in [1.29, 1.82) is 0 Å². The number of nitrogens with one attached hydrogen (secondary N) is 2. The Hall–Kier alpha value is 0.660. The van der Waals surface area contributed by atoms with E-state index in [1.54, 1.807) is 0 Å². The smallest absolute Gasteiger partial charge is 0.177 e. The van der Waals surface area contributed by atoms with Gasteiger partial charge < -0.3 is 4.52 Å². The third-order valence-corrected chi connectivity index (χ3v) is 2.13. The van der Waals surface area contributed by atoms with Gasteiger partial charge in [-0.2, -0.15) is 13.5 Å². The van der Waals surface area contributed by atoms with Crippen LogP contribution in [0.25, 0.3) is 0 Å². The fraction of sp³-hybridized carbons (Fsp3) is 1.00. The molecule has 0 rings (SSSR count). The zero-order valence-corrected chi connectivity index (χ0v) is 11.0. The monoisotopic (exact) mass is 226 g/mol. The average Bonchev–Trinajstić information content (AvgIpc) is 2.06. The molecule has 0 amide bonds. The molecule has 0 aromatic carbocycles. The molecular weight excluding hydrogens is 203 g/mol. The third-order valence-electron chi connectivity index (χ3n) is 1.73. The fourth-order valence-corrected chi connectivity index (χ4v) is 1.59. The van der Waals surface area contributed by atoms with Gasteiger partial charge in [-0.3, -0.25) is 10.6 Å². The van der Waals surface area contributed by atoms with Crippen molar-refractivity contribution in [3.63, 3.8) is 0 Å². The zero-order valence-electron chi connectivity index (χ0n) is 8.81. The molecular formula is C8H23N2OPS. The standard InChI is InChI=1S/C8H21N2OP.H2S/c1-4-7-8(11-12,9-5-2)10-6-3;/h9-10H,4-7,12H2,1-3H3;1H2. The molecule has 13 heavy (non-hydrogen) atoms. The van der Waals surface area contributed by atoms with E-state index in [4.69, 9.17) is 4.52 Å². The summed E-state index contributed by atoms with van der Waals surface area (Å²) in [7, 11) is 2.32. The second kappa shape index (κ2) is 9.22. The van der Waals surface area contributed by atoms with Crippen LogP contribution in [0.2, 0.25) is 0 Å². The van der Waals surface area contributed by atoms with Gasteiger partial charge in [-0.05, 0) is 13.1 Å². The van der Waals surface area contributed by atoms with E-state index >= 15 is 0 Å². The highest BCUT2D eigenvalue weighted by atomic mass is 32.1. The van der Waals surface area contributed by atoms with E-state index in [9.17, 15) is 0 Å². The molecule has 1 atom stereocenters. The van der Waals surface area contributed by atoms with Gasteiger partial charge in [0.2, 0.25) is 0 Å². The summed E-state index contributed by atoms with van der Waals surface area (Å²) < 4.78 is 5.35. The van der Waals surface area contributed by atoms with Crippen molar-refractivity contribution in [1.82, 2.24) is 10.6 Å². The third kappa shape index (κ3) is 5.87. The van der Waals surface area contributed by atoms with Gasteiger partial charge in [0.15, 0.2) is 5.85 Å². The second-order valence-corrected chi connectivity index (χ2v) is 2.99. The Balaban J connectivity index is 0. The molecule has 0 heterocycles. The van der Waals surface area contributed by atoms with Crippen LogP contribution in [-0.4, -0.2) is 18.9 Å². The molecule has 0 fully saturated rings. The second-order valence-electron chi connectivity index (χ2n) is 2.76. The molecule has 0 aliphatic heterocycles. The largest absolute Gasteiger partial charge is 0.331 e. The first-order valence-corrected chi connectivity index (χ1v) is 5.09. The highest BCUT2D eigenvalue weighted by Gasteiger charge is 2.25. The van der Waals surface area contributed by atoms with E-state index in [0.717, 1.165) is 25.9 Å². The maximum Gasteiger partial charge on any atom is 0.177 e. The maximum atomic E-state index is 5.35. The Bertz CT molecular complexity index is 99.3. The van der Waals surface area contributed by atoms with Crippen LogP contribution in [0.4, 0.5) is 0 Å². The van der Waals surface area contributed by atoms with Crippen molar-refractivity contribution in [2.45, 2.75) is 39.5 Å². The normalized spacial score (nSPS) is 11.1. The molecule has 0 saturated heterocycles. The molecule has 0 bridgehead atoms. The summed E-state index contributed by atoms with van der Waals surface area (Å²) in [5, 5.41) is 6.59. The minimum Gasteiger partial charge on any atom is -0.331 e. The van der Waals surface area contributed by atoms with Crippen LogP contribution in [0.5, 0.6) is 0 Å². The minimum atomic E-state index is -0.344. The lowest BCUT2D eigenvalue weighted by Crippen LogP contribution is -2.57. The van der Waals surface area contributed by atoms with Crippen molar-refractivity contribution in [3.05, 3.63) is 0 Å². The minimum absolute atomic E-state index is 0. The molecule has 0 aromatic heterocycles. The molecule has 2 N–H and O–H groups in total. The molecule has 0 aromatic rings. The molecule has 0 saturated carbocycles. The Morgan fingerprint density at radius 3 is 1.85 bits per heavy atom. The summed E-state index contributed by atoms with van der Waals surface area (Å²) in [6.07, 6.45) is 2.06. The van der Waals surface area contributed by atoms with E-state index in [0.29, 0.717) is 0 Å².